The number of hydrogen-bond acceptors (Lipinski definition) is 5. The molecule has 3 fully saturated rings. The van der Waals surface area contributed by atoms with Crippen molar-refractivity contribution in [1.29, 1.82) is 0 Å². The second kappa shape index (κ2) is 7.36. The summed E-state index contributed by atoms with van der Waals surface area (Å²) in [4.78, 5) is 18.7. The summed E-state index contributed by atoms with van der Waals surface area (Å²) in [5.41, 5.74) is -0.224. The summed E-state index contributed by atoms with van der Waals surface area (Å²) in [6.07, 6.45) is 4.02. The van der Waals surface area contributed by atoms with Crippen LogP contribution in [0.3, 0.4) is 0 Å². The van der Waals surface area contributed by atoms with Gasteiger partial charge in [-0.1, -0.05) is 0 Å². The maximum atomic E-state index is 12.1. The number of piperidine rings is 1. The highest BCUT2D eigenvalue weighted by Gasteiger charge is 2.46. The van der Waals surface area contributed by atoms with E-state index in [1.165, 1.54) is 6.42 Å². The molecule has 23 heavy (non-hydrogen) atoms. The van der Waals surface area contributed by atoms with E-state index in [9.17, 15) is 4.79 Å². The molecule has 1 spiro atoms. The van der Waals surface area contributed by atoms with Crippen LogP contribution in [0.15, 0.2) is 0 Å². The molecule has 0 saturated carbocycles. The van der Waals surface area contributed by atoms with E-state index >= 15 is 0 Å². The Hall–Kier alpha value is -0.850. The van der Waals surface area contributed by atoms with Crippen molar-refractivity contribution in [3.8, 4) is 0 Å². The normalized spacial score (nSPS) is 28.0. The number of amides is 1. The lowest BCUT2D eigenvalue weighted by Gasteiger charge is -2.38. The van der Waals surface area contributed by atoms with Crippen molar-refractivity contribution in [2.75, 3.05) is 66.6 Å². The first-order valence-electron chi connectivity index (χ1n) is 8.99. The van der Waals surface area contributed by atoms with E-state index in [2.05, 4.69) is 23.9 Å². The first-order chi connectivity index (χ1) is 11.1. The minimum Gasteiger partial charge on any atom is -0.441 e. The predicted molar refractivity (Wildman–Crippen MR) is 88.6 cm³/mol. The molecule has 3 aliphatic rings. The van der Waals surface area contributed by atoms with E-state index in [1.54, 1.807) is 0 Å². The molecule has 0 aromatic carbocycles. The molecule has 6 heteroatoms. The molecular formula is C17H31N3O3. The third-order valence-corrected chi connectivity index (χ3v) is 5.38. The van der Waals surface area contributed by atoms with Crippen molar-refractivity contribution in [2.45, 2.75) is 31.3 Å². The zero-order valence-corrected chi connectivity index (χ0v) is 14.6. The lowest BCUT2D eigenvalue weighted by Crippen LogP contribution is -2.48. The number of carbonyl (C=O) groups is 1. The molecule has 3 saturated heterocycles. The van der Waals surface area contributed by atoms with Gasteiger partial charge < -0.3 is 24.2 Å². The van der Waals surface area contributed by atoms with Crippen LogP contribution in [-0.4, -0.2) is 93.0 Å². The number of hydrogen-bond donors (Lipinski definition) is 0. The van der Waals surface area contributed by atoms with Crippen LogP contribution in [0.25, 0.3) is 0 Å². The van der Waals surface area contributed by atoms with Crippen molar-refractivity contribution in [2.24, 2.45) is 5.92 Å². The highest BCUT2D eigenvalue weighted by molar-refractivity contribution is 5.70. The van der Waals surface area contributed by atoms with Gasteiger partial charge in [0.2, 0.25) is 0 Å². The molecule has 3 rings (SSSR count). The maximum absolute atomic E-state index is 12.1. The van der Waals surface area contributed by atoms with Crippen molar-refractivity contribution < 1.29 is 14.3 Å². The van der Waals surface area contributed by atoms with E-state index < -0.39 is 0 Å². The van der Waals surface area contributed by atoms with Crippen LogP contribution in [-0.2, 0) is 9.47 Å². The lowest BCUT2D eigenvalue weighted by atomic mass is 9.90. The SMILES string of the molecule is CN(C)CCCN1CC2(CCN(C[C@H]3CCOC3)CC2)OC1=O. The molecular weight excluding hydrogens is 294 g/mol. The maximum Gasteiger partial charge on any atom is 0.410 e. The third kappa shape index (κ3) is 4.37. The van der Waals surface area contributed by atoms with E-state index in [-0.39, 0.29) is 11.7 Å². The molecule has 0 radical (unpaired) electrons. The number of ether oxygens (including phenoxy) is 2. The van der Waals surface area contributed by atoms with Crippen LogP contribution in [0.2, 0.25) is 0 Å². The fourth-order valence-corrected chi connectivity index (χ4v) is 3.94. The van der Waals surface area contributed by atoms with Crippen LogP contribution in [0.4, 0.5) is 4.79 Å². The van der Waals surface area contributed by atoms with Crippen LogP contribution < -0.4 is 0 Å². The fraction of sp³-hybridized carbons (Fsp3) is 0.941. The monoisotopic (exact) mass is 325 g/mol. The Bertz CT molecular complexity index is 402. The summed E-state index contributed by atoms with van der Waals surface area (Å²) in [5, 5.41) is 0. The molecule has 1 atom stereocenters. The van der Waals surface area contributed by atoms with Crippen molar-refractivity contribution in [1.82, 2.24) is 14.7 Å². The average Bonchev–Trinajstić information content (AvgIpc) is 3.11. The summed E-state index contributed by atoms with van der Waals surface area (Å²) in [6, 6.07) is 0. The van der Waals surface area contributed by atoms with Gasteiger partial charge in [-0.2, -0.15) is 0 Å². The largest absolute Gasteiger partial charge is 0.441 e. The molecule has 132 valence electrons. The van der Waals surface area contributed by atoms with Gasteiger partial charge in [0.15, 0.2) is 0 Å². The van der Waals surface area contributed by atoms with Gasteiger partial charge in [0.1, 0.15) is 5.60 Å². The van der Waals surface area contributed by atoms with Gasteiger partial charge in [-0.15, -0.1) is 0 Å². The second-order valence-corrected chi connectivity index (χ2v) is 7.66. The van der Waals surface area contributed by atoms with Gasteiger partial charge in [0, 0.05) is 45.6 Å². The zero-order valence-electron chi connectivity index (χ0n) is 14.6. The van der Waals surface area contributed by atoms with E-state index in [0.717, 1.165) is 71.7 Å². The summed E-state index contributed by atoms with van der Waals surface area (Å²) >= 11 is 0. The molecule has 3 aliphatic heterocycles. The predicted octanol–water partition coefficient (Wildman–Crippen LogP) is 1.26. The Labute approximate surface area is 139 Å². The van der Waals surface area contributed by atoms with E-state index in [1.807, 2.05) is 4.90 Å². The Morgan fingerprint density at radius 3 is 2.74 bits per heavy atom. The molecule has 0 aromatic rings. The summed E-state index contributed by atoms with van der Waals surface area (Å²) in [6.45, 7) is 7.63. The van der Waals surface area contributed by atoms with Crippen LogP contribution in [0, 0.1) is 5.92 Å². The smallest absolute Gasteiger partial charge is 0.410 e. The Morgan fingerprint density at radius 1 is 1.30 bits per heavy atom. The molecule has 0 aliphatic carbocycles. The van der Waals surface area contributed by atoms with Gasteiger partial charge in [-0.3, -0.25) is 0 Å². The molecule has 0 unspecified atom stereocenters. The highest BCUT2D eigenvalue weighted by atomic mass is 16.6. The van der Waals surface area contributed by atoms with Crippen molar-refractivity contribution in [3.05, 3.63) is 0 Å². The van der Waals surface area contributed by atoms with Gasteiger partial charge in [0.25, 0.3) is 0 Å². The second-order valence-electron chi connectivity index (χ2n) is 7.66. The standard InChI is InChI=1S/C17H31N3O3/c1-18(2)7-3-8-20-14-17(23-16(20)21)5-9-19(10-6-17)12-15-4-11-22-13-15/h15H,3-14H2,1-2H3/t15-/m1/s1. The first kappa shape index (κ1) is 17.0. The number of rotatable bonds is 6. The molecule has 0 N–H and O–H groups in total. The van der Waals surface area contributed by atoms with Crippen LogP contribution in [0.1, 0.15) is 25.7 Å². The third-order valence-electron chi connectivity index (χ3n) is 5.38. The van der Waals surface area contributed by atoms with E-state index in [0.29, 0.717) is 5.92 Å². The first-order valence-corrected chi connectivity index (χ1v) is 8.99. The number of likely N-dealkylation sites (tertiary alicyclic amines) is 1. The van der Waals surface area contributed by atoms with Gasteiger partial charge in [-0.05, 0) is 39.4 Å². The average molecular weight is 325 g/mol. The van der Waals surface area contributed by atoms with Crippen LogP contribution >= 0.6 is 0 Å². The quantitative estimate of drug-likeness (QED) is 0.736. The molecule has 0 aromatic heterocycles. The molecule has 0 bridgehead atoms. The Balaban J connectivity index is 1.43. The molecule has 6 nitrogen and oxygen atoms in total. The Kier molecular flexibility index (Phi) is 5.44. The van der Waals surface area contributed by atoms with Gasteiger partial charge in [-0.25, -0.2) is 4.79 Å². The minimum atomic E-state index is -0.224. The number of carbonyl (C=O) groups excluding carboxylic acids is 1. The summed E-state index contributed by atoms with van der Waals surface area (Å²) in [5.74, 6) is 0.692. The van der Waals surface area contributed by atoms with E-state index in [4.69, 9.17) is 9.47 Å². The molecule has 1 amide bonds. The highest BCUT2D eigenvalue weighted by Crippen LogP contribution is 2.33. The fourth-order valence-electron chi connectivity index (χ4n) is 3.94. The summed E-state index contributed by atoms with van der Waals surface area (Å²) in [7, 11) is 4.13. The van der Waals surface area contributed by atoms with Crippen molar-refractivity contribution in [3.63, 3.8) is 0 Å². The Morgan fingerprint density at radius 2 is 2.09 bits per heavy atom. The minimum absolute atomic E-state index is 0.110. The molecule has 3 heterocycles. The summed E-state index contributed by atoms with van der Waals surface area (Å²) < 4.78 is 11.3. The lowest BCUT2D eigenvalue weighted by molar-refractivity contribution is -0.00292. The van der Waals surface area contributed by atoms with Gasteiger partial charge >= 0.3 is 6.09 Å². The van der Waals surface area contributed by atoms with Gasteiger partial charge in [0.05, 0.1) is 13.2 Å². The topological polar surface area (TPSA) is 45.2 Å². The zero-order chi connectivity index (χ0) is 16.3. The van der Waals surface area contributed by atoms with Crippen LogP contribution in [0.5, 0.6) is 0 Å². The number of nitrogens with zero attached hydrogens (tertiary/aromatic N) is 3. The van der Waals surface area contributed by atoms with Crippen molar-refractivity contribution >= 4 is 6.09 Å².